The minimum absolute atomic E-state index is 0.178. The average Bonchev–Trinajstić information content (AvgIpc) is 2.13. The van der Waals surface area contributed by atoms with Crippen LogP contribution in [0, 0.1) is 0 Å². The molecule has 10 heavy (non-hydrogen) atoms. The van der Waals surface area contributed by atoms with Gasteiger partial charge in [0.2, 0.25) is 5.91 Å². The van der Waals surface area contributed by atoms with E-state index in [2.05, 4.69) is 17.5 Å². The number of amides is 1. The van der Waals surface area contributed by atoms with Gasteiger partial charge in [-0.2, -0.15) is 4.83 Å². The number of nitrogens with one attached hydrogen (secondary N) is 1. The number of hydrazine groups is 1. The number of hydrogen-bond acceptors (Lipinski definition) is 5. The summed E-state index contributed by atoms with van der Waals surface area (Å²) in [6, 6.07) is 0. The van der Waals surface area contributed by atoms with Crippen LogP contribution < -0.4 is 10.6 Å². The zero-order valence-electron chi connectivity index (χ0n) is 5.07. The second-order valence-electron chi connectivity index (χ2n) is 1.75. The van der Waals surface area contributed by atoms with Gasteiger partial charge in [0.1, 0.15) is 6.54 Å². The van der Waals surface area contributed by atoms with Gasteiger partial charge in [-0.1, -0.05) is 0 Å². The molecule has 0 aromatic carbocycles. The summed E-state index contributed by atoms with van der Waals surface area (Å²) in [7, 11) is 0. The molecular formula is C4H7N3OS2. The van der Waals surface area contributed by atoms with E-state index in [1.165, 1.54) is 11.9 Å². The van der Waals surface area contributed by atoms with Crippen LogP contribution in [0.2, 0.25) is 0 Å². The molecule has 0 atom stereocenters. The fourth-order valence-corrected chi connectivity index (χ4v) is 1.31. The number of carbonyl (C=O) groups excluding carboxylic acids is 1. The Bertz CT molecular complexity index is 181. The van der Waals surface area contributed by atoms with Crippen molar-refractivity contribution in [1.82, 2.24) is 9.84 Å². The maximum atomic E-state index is 10.3. The summed E-state index contributed by atoms with van der Waals surface area (Å²) in [4.78, 5) is 13.2. The average molecular weight is 177 g/mol. The molecule has 0 spiro atoms. The predicted molar refractivity (Wildman–Crippen MR) is 43.7 cm³/mol. The van der Waals surface area contributed by atoms with E-state index in [4.69, 9.17) is 5.73 Å². The molecule has 0 saturated carbocycles. The highest BCUT2D eigenvalue weighted by Crippen LogP contribution is 2.22. The molecule has 0 radical (unpaired) electrons. The Kier molecular flexibility index (Phi) is 2.47. The van der Waals surface area contributed by atoms with Gasteiger partial charge in [0.25, 0.3) is 0 Å². The van der Waals surface area contributed by atoms with Gasteiger partial charge in [-0.3, -0.25) is 9.80 Å². The normalized spacial score (nSPS) is 17.3. The molecule has 1 heterocycles. The Morgan fingerprint density at radius 1 is 2.00 bits per heavy atom. The van der Waals surface area contributed by atoms with Gasteiger partial charge in [-0.05, 0) is 11.9 Å². The SMILES string of the molecule is NC(=O)CN1C=C(S)SN1. The van der Waals surface area contributed by atoms with Crippen LogP contribution >= 0.6 is 24.6 Å². The van der Waals surface area contributed by atoms with Crippen molar-refractivity contribution in [3.05, 3.63) is 10.4 Å². The smallest absolute Gasteiger partial charge is 0.238 e. The van der Waals surface area contributed by atoms with Crippen LogP contribution in [0.25, 0.3) is 0 Å². The molecule has 1 aliphatic rings. The van der Waals surface area contributed by atoms with Crippen molar-refractivity contribution in [3.63, 3.8) is 0 Å². The highest BCUT2D eigenvalue weighted by Gasteiger charge is 2.10. The molecule has 0 saturated heterocycles. The third kappa shape index (κ3) is 2.13. The van der Waals surface area contributed by atoms with Crippen molar-refractivity contribution in [1.29, 1.82) is 0 Å². The summed E-state index contributed by atoms with van der Waals surface area (Å²) in [6.45, 7) is 0.178. The largest absolute Gasteiger partial charge is 0.368 e. The molecule has 0 unspecified atom stereocenters. The molecule has 3 N–H and O–H groups in total. The zero-order chi connectivity index (χ0) is 7.56. The van der Waals surface area contributed by atoms with Gasteiger partial charge in [-0.15, -0.1) is 12.6 Å². The molecule has 0 bridgehead atoms. The molecule has 0 aromatic rings. The lowest BCUT2D eigenvalue weighted by Crippen LogP contribution is -2.33. The number of thiol groups is 1. The monoisotopic (exact) mass is 177 g/mol. The molecular weight excluding hydrogens is 170 g/mol. The predicted octanol–water partition coefficient (Wildman–Crippen LogP) is -0.331. The molecule has 0 aromatic heterocycles. The third-order valence-electron chi connectivity index (χ3n) is 0.860. The summed E-state index contributed by atoms with van der Waals surface area (Å²) in [5.74, 6) is -0.368. The minimum Gasteiger partial charge on any atom is -0.368 e. The van der Waals surface area contributed by atoms with Crippen LogP contribution in [-0.4, -0.2) is 17.5 Å². The molecule has 4 nitrogen and oxygen atoms in total. The van der Waals surface area contributed by atoms with E-state index in [1.807, 2.05) is 0 Å². The number of rotatable bonds is 2. The molecule has 6 heteroatoms. The van der Waals surface area contributed by atoms with Gasteiger partial charge >= 0.3 is 0 Å². The van der Waals surface area contributed by atoms with Crippen molar-refractivity contribution in [2.45, 2.75) is 0 Å². The first-order valence-electron chi connectivity index (χ1n) is 2.56. The zero-order valence-corrected chi connectivity index (χ0v) is 6.78. The van der Waals surface area contributed by atoms with E-state index < -0.39 is 0 Å². The van der Waals surface area contributed by atoms with E-state index in [0.29, 0.717) is 0 Å². The van der Waals surface area contributed by atoms with Gasteiger partial charge in [0.05, 0.1) is 4.24 Å². The Balaban J connectivity index is 2.38. The van der Waals surface area contributed by atoms with Crippen molar-refractivity contribution in [2.75, 3.05) is 6.54 Å². The standard InChI is InChI=1S/C4H7N3OS2/c5-3(8)1-7-2-4(9)10-6-7/h2,6,9H,1H2,(H2,5,8). The van der Waals surface area contributed by atoms with Gasteiger partial charge in [0.15, 0.2) is 0 Å². The number of nitrogens with zero attached hydrogens (tertiary/aromatic N) is 1. The number of primary amides is 1. The number of nitrogens with two attached hydrogens (primary N) is 1. The first-order valence-corrected chi connectivity index (χ1v) is 3.83. The van der Waals surface area contributed by atoms with Crippen molar-refractivity contribution >= 4 is 30.5 Å². The van der Waals surface area contributed by atoms with Gasteiger partial charge in [-0.25, -0.2) is 0 Å². The lowest BCUT2D eigenvalue weighted by Gasteiger charge is -2.10. The lowest BCUT2D eigenvalue weighted by atomic mass is 10.6. The lowest BCUT2D eigenvalue weighted by molar-refractivity contribution is -0.118. The summed E-state index contributed by atoms with van der Waals surface area (Å²) in [5.41, 5.74) is 4.93. The Morgan fingerprint density at radius 3 is 3.10 bits per heavy atom. The van der Waals surface area contributed by atoms with E-state index in [-0.39, 0.29) is 12.5 Å². The maximum Gasteiger partial charge on any atom is 0.238 e. The van der Waals surface area contributed by atoms with Gasteiger partial charge in [0, 0.05) is 6.20 Å². The van der Waals surface area contributed by atoms with E-state index in [1.54, 1.807) is 11.2 Å². The Hall–Kier alpha value is -0.330. The first kappa shape index (κ1) is 7.77. The molecule has 1 aliphatic heterocycles. The van der Waals surface area contributed by atoms with Crippen LogP contribution in [0.1, 0.15) is 0 Å². The minimum atomic E-state index is -0.368. The molecule has 0 aliphatic carbocycles. The molecule has 0 fully saturated rings. The third-order valence-corrected chi connectivity index (χ3v) is 1.89. The highest BCUT2D eigenvalue weighted by molar-refractivity contribution is 8.14. The first-order chi connectivity index (χ1) is 4.68. The van der Waals surface area contributed by atoms with Crippen molar-refractivity contribution in [3.8, 4) is 0 Å². The summed E-state index contributed by atoms with van der Waals surface area (Å²) in [5, 5.41) is 1.58. The summed E-state index contributed by atoms with van der Waals surface area (Å²) >= 11 is 5.38. The second-order valence-corrected chi connectivity index (χ2v) is 3.37. The Morgan fingerprint density at radius 2 is 2.70 bits per heavy atom. The van der Waals surface area contributed by atoms with Gasteiger partial charge < -0.3 is 5.73 Å². The van der Waals surface area contributed by atoms with Crippen molar-refractivity contribution in [2.24, 2.45) is 5.73 Å². The molecule has 1 rings (SSSR count). The number of carbonyl (C=O) groups is 1. The van der Waals surface area contributed by atoms with Crippen LogP contribution in [-0.2, 0) is 4.79 Å². The Labute approximate surface area is 68.3 Å². The second kappa shape index (κ2) is 3.18. The highest BCUT2D eigenvalue weighted by atomic mass is 32.2. The number of hydrogen-bond donors (Lipinski definition) is 3. The maximum absolute atomic E-state index is 10.3. The summed E-state index contributed by atoms with van der Waals surface area (Å²) in [6.07, 6.45) is 1.71. The van der Waals surface area contributed by atoms with Crippen molar-refractivity contribution < 1.29 is 4.79 Å². The van der Waals surface area contributed by atoms with Crippen LogP contribution in [0.4, 0.5) is 0 Å². The summed E-state index contributed by atoms with van der Waals surface area (Å²) < 4.78 is 0.821. The van der Waals surface area contributed by atoms with Crippen LogP contribution in [0.3, 0.4) is 0 Å². The van der Waals surface area contributed by atoms with Crippen LogP contribution in [0.5, 0.6) is 0 Å². The van der Waals surface area contributed by atoms with Crippen LogP contribution in [0.15, 0.2) is 10.4 Å². The quantitative estimate of drug-likeness (QED) is 0.399. The van der Waals surface area contributed by atoms with E-state index >= 15 is 0 Å². The molecule has 56 valence electrons. The molecule has 1 amide bonds. The fraction of sp³-hybridized carbons (Fsp3) is 0.250. The van der Waals surface area contributed by atoms with E-state index in [9.17, 15) is 4.79 Å². The topological polar surface area (TPSA) is 58.4 Å². The fourth-order valence-electron chi connectivity index (χ4n) is 0.537. The van der Waals surface area contributed by atoms with E-state index in [0.717, 1.165) is 4.24 Å².